The Bertz CT molecular complexity index is 475. The van der Waals surface area contributed by atoms with E-state index in [1.165, 1.54) is 0 Å². The van der Waals surface area contributed by atoms with E-state index >= 15 is 0 Å². The van der Waals surface area contributed by atoms with Crippen LogP contribution in [0.4, 0.5) is 0 Å². The number of aliphatic hydroxyl groups excluding tert-OH is 1. The summed E-state index contributed by atoms with van der Waals surface area (Å²) in [6.07, 6.45) is 0.344. The lowest BCUT2D eigenvalue weighted by Crippen LogP contribution is -2.03. The molecule has 2 aromatic rings. The zero-order valence-corrected chi connectivity index (χ0v) is 8.64. The van der Waals surface area contributed by atoms with Crippen molar-refractivity contribution in [2.45, 2.75) is 19.4 Å². The normalized spacial score (nSPS) is 12.9. The van der Waals surface area contributed by atoms with Crippen molar-refractivity contribution < 1.29 is 10.2 Å². The number of phenolic OH excluding ortho intramolecular Hbond substituents is 1. The largest absolute Gasteiger partial charge is 0.508 e. The highest BCUT2D eigenvalue weighted by Gasteiger charge is 2.01. The second-order valence-electron chi connectivity index (χ2n) is 3.92. The van der Waals surface area contributed by atoms with Crippen molar-refractivity contribution in [3.63, 3.8) is 0 Å². The molecule has 0 bridgehead atoms. The van der Waals surface area contributed by atoms with Crippen LogP contribution in [-0.2, 0) is 6.42 Å². The summed E-state index contributed by atoms with van der Waals surface area (Å²) < 4.78 is 0. The average Bonchev–Trinajstić information content (AvgIpc) is 2.17. The third-order valence-corrected chi connectivity index (χ3v) is 2.42. The number of hydrogen-bond acceptors (Lipinski definition) is 2. The van der Waals surface area contributed by atoms with E-state index in [1.807, 2.05) is 24.3 Å². The molecule has 0 aliphatic heterocycles. The predicted molar refractivity (Wildman–Crippen MR) is 61.0 cm³/mol. The Balaban J connectivity index is 2.43. The lowest BCUT2D eigenvalue weighted by atomic mass is 10.0. The highest BCUT2D eigenvalue weighted by atomic mass is 16.3. The standard InChI is InChI=1S/C13H14O2/c1-9(14)6-10-2-3-12-8-13(15)5-4-11(12)7-10/h2-5,7-9,14-15H,6H2,1H3. The van der Waals surface area contributed by atoms with Crippen LogP contribution in [0.1, 0.15) is 12.5 Å². The van der Waals surface area contributed by atoms with Crippen molar-refractivity contribution >= 4 is 10.8 Å². The van der Waals surface area contributed by atoms with Crippen LogP contribution < -0.4 is 0 Å². The predicted octanol–water partition coefficient (Wildman–Crippen LogP) is 2.47. The summed E-state index contributed by atoms with van der Waals surface area (Å²) in [6.45, 7) is 1.78. The first-order valence-corrected chi connectivity index (χ1v) is 5.05. The van der Waals surface area contributed by atoms with Gasteiger partial charge in [-0.3, -0.25) is 0 Å². The van der Waals surface area contributed by atoms with Crippen molar-refractivity contribution in [1.29, 1.82) is 0 Å². The molecule has 0 spiro atoms. The zero-order valence-electron chi connectivity index (χ0n) is 8.64. The summed E-state index contributed by atoms with van der Waals surface area (Å²) in [6, 6.07) is 11.3. The topological polar surface area (TPSA) is 40.5 Å². The fraction of sp³-hybridized carbons (Fsp3) is 0.231. The van der Waals surface area contributed by atoms with Crippen LogP contribution in [-0.4, -0.2) is 16.3 Å². The molecule has 0 saturated heterocycles. The lowest BCUT2D eigenvalue weighted by Gasteiger charge is -2.06. The molecule has 0 saturated carbocycles. The van der Waals surface area contributed by atoms with Gasteiger partial charge in [0.1, 0.15) is 5.75 Å². The van der Waals surface area contributed by atoms with E-state index in [1.54, 1.807) is 19.1 Å². The smallest absolute Gasteiger partial charge is 0.116 e. The first-order chi connectivity index (χ1) is 7.15. The fourth-order valence-corrected chi connectivity index (χ4v) is 1.75. The highest BCUT2D eigenvalue weighted by Crippen LogP contribution is 2.21. The molecule has 2 rings (SSSR count). The summed E-state index contributed by atoms with van der Waals surface area (Å²) in [5.74, 6) is 0.283. The molecule has 0 amide bonds. The quantitative estimate of drug-likeness (QED) is 0.785. The zero-order chi connectivity index (χ0) is 10.8. The second-order valence-corrected chi connectivity index (χ2v) is 3.92. The van der Waals surface area contributed by atoms with Gasteiger partial charge in [0.25, 0.3) is 0 Å². The highest BCUT2D eigenvalue weighted by molar-refractivity contribution is 5.84. The Hall–Kier alpha value is -1.54. The minimum absolute atomic E-state index is 0.283. The van der Waals surface area contributed by atoms with E-state index in [9.17, 15) is 10.2 Å². The van der Waals surface area contributed by atoms with Gasteiger partial charge in [-0.05, 0) is 41.8 Å². The lowest BCUT2D eigenvalue weighted by molar-refractivity contribution is 0.195. The molecule has 0 fully saturated rings. The van der Waals surface area contributed by atoms with Crippen molar-refractivity contribution in [2.75, 3.05) is 0 Å². The van der Waals surface area contributed by atoms with Crippen molar-refractivity contribution in [1.82, 2.24) is 0 Å². The summed E-state index contributed by atoms with van der Waals surface area (Å²) in [7, 11) is 0. The molecule has 2 nitrogen and oxygen atoms in total. The molecule has 2 N–H and O–H groups in total. The minimum Gasteiger partial charge on any atom is -0.508 e. The van der Waals surface area contributed by atoms with Crippen LogP contribution in [0.2, 0.25) is 0 Å². The maximum Gasteiger partial charge on any atom is 0.116 e. The summed E-state index contributed by atoms with van der Waals surface area (Å²) in [4.78, 5) is 0. The van der Waals surface area contributed by atoms with Crippen LogP contribution in [0, 0.1) is 0 Å². The number of aromatic hydroxyl groups is 1. The van der Waals surface area contributed by atoms with Crippen molar-refractivity contribution in [3.05, 3.63) is 42.0 Å². The van der Waals surface area contributed by atoms with E-state index in [4.69, 9.17) is 0 Å². The third kappa shape index (κ3) is 2.28. The SMILES string of the molecule is CC(O)Cc1ccc2cc(O)ccc2c1. The van der Waals surface area contributed by atoms with Crippen LogP contribution >= 0.6 is 0 Å². The Morgan fingerprint density at radius 3 is 2.47 bits per heavy atom. The first-order valence-electron chi connectivity index (χ1n) is 5.05. The molecule has 15 heavy (non-hydrogen) atoms. The minimum atomic E-state index is -0.320. The monoisotopic (exact) mass is 202 g/mol. The Kier molecular flexibility index (Phi) is 2.60. The van der Waals surface area contributed by atoms with Gasteiger partial charge in [0.2, 0.25) is 0 Å². The Morgan fingerprint density at radius 1 is 1.07 bits per heavy atom. The van der Waals surface area contributed by atoms with Gasteiger partial charge in [0.05, 0.1) is 6.10 Å². The van der Waals surface area contributed by atoms with E-state index < -0.39 is 0 Å². The molecule has 0 radical (unpaired) electrons. The van der Waals surface area contributed by atoms with E-state index in [0.29, 0.717) is 6.42 Å². The van der Waals surface area contributed by atoms with Crippen molar-refractivity contribution in [2.24, 2.45) is 0 Å². The number of hydrogen-bond donors (Lipinski definition) is 2. The van der Waals surface area contributed by atoms with Crippen LogP contribution in [0.15, 0.2) is 36.4 Å². The summed E-state index contributed by atoms with van der Waals surface area (Å²) in [5.41, 5.74) is 1.11. The van der Waals surface area contributed by atoms with E-state index in [-0.39, 0.29) is 11.9 Å². The van der Waals surface area contributed by atoms with Crippen LogP contribution in [0.25, 0.3) is 10.8 Å². The molecule has 1 unspecified atom stereocenters. The first kappa shape index (κ1) is 9.99. The van der Waals surface area contributed by atoms with Gasteiger partial charge >= 0.3 is 0 Å². The maximum atomic E-state index is 9.30. The van der Waals surface area contributed by atoms with Gasteiger partial charge in [-0.2, -0.15) is 0 Å². The number of phenols is 1. The molecule has 0 aromatic heterocycles. The molecule has 0 heterocycles. The Labute approximate surface area is 88.8 Å². The fourth-order valence-electron chi connectivity index (χ4n) is 1.75. The Morgan fingerprint density at radius 2 is 1.73 bits per heavy atom. The third-order valence-electron chi connectivity index (χ3n) is 2.42. The number of aliphatic hydroxyl groups is 1. The number of benzene rings is 2. The molecule has 0 aliphatic carbocycles. The second kappa shape index (κ2) is 3.91. The molecule has 2 heteroatoms. The number of fused-ring (bicyclic) bond motifs is 1. The van der Waals surface area contributed by atoms with Crippen LogP contribution in [0.5, 0.6) is 5.75 Å². The number of rotatable bonds is 2. The van der Waals surface area contributed by atoms with Crippen LogP contribution in [0.3, 0.4) is 0 Å². The molecule has 1 atom stereocenters. The van der Waals surface area contributed by atoms with Gasteiger partial charge in [-0.25, -0.2) is 0 Å². The van der Waals surface area contributed by atoms with E-state index in [2.05, 4.69) is 0 Å². The van der Waals surface area contributed by atoms with Gasteiger partial charge < -0.3 is 10.2 Å². The van der Waals surface area contributed by atoms with Crippen molar-refractivity contribution in [3.8, 4) is 5.75 Å². The van der Waals surface area contributed by atoms with Gasteiger partial charge in [0.15, 0.2) is 0 Å². The summed E-state index contributed by atoms with van der Waals surface area (Å²) >= 11 is 0. The molecule has 78 valence electrons. The maximum absolute atomic E-state index is 9.30. The van der Waals surface area contributed by atoms with Gasteiger partial charge in [-0.15, -0.1) is 0 Å². The van der Waals surface area contributed by atoms with E-state index in [0.717, 1.165) is 16.3 Å². The average molecular weight is 202 g/mol. The van der Waals surface area contributed by atoms with Gasteiger partial charge in [0, 0.05) is 0 Å². The molecule has 0 aliphatic rings. The summed E-state index contributed by atoms with van der Waals surface area (Å²) in [5, 5.41) is 20.7. The molecular formula is C13H14O2. The van der Waals surface area contributed by atoms with Gasteiger partial charge in [-0.1, -0.05) is 24.3 Å². The molecular weight excluding hydrogens is 188 g/mol. The molecule has 2 aromatic carbocycles.